The average molecular weight is 165 g/mol. The predicted octanol–water partition coefficient (Wildman–Crippen LogP) is 1.16. The van der Waals surface area contributed by atoms with E-state index < -0.39 is 0 Å². The Morgan fingerprint density at radius 3 is 1.00 bits per heavy atom. The van der Waals surface area contributed by atoms with Crippen molar-refractivity contribution in [1.29, 1.82) is 0 Å². The van der Waals surface area contributed by atoms with Gasteiger partial charge in [0.1, 0.15) is 0 Å². The molecule has 0 bridgehead atoms. The molecular formula is C4H12OY-2. The summed E-state index contributed by atoms with van der Waals surface area (Å²) in [5.74, 6) is 0. The largest absolute Gasteiger partial charge is 0.388 e. The Balaban J connectivity index is -0.00000000667. The second-order valence-corrected chi connectivity index (χ2v) is 0.408. The van der Waals surface area contributed by atoms with E-state index in [9.17, 15) is 0 Å². The van der Waals surface area contributed by atoms with Gasteiger partial charge in [0.25, 0.3) is 0 Å². The van der Waals surface area contributed by atoms with Gasteiger partial charge < -0.3 is 19.6 Å². The molecule has 2 heteroatoms. The summed E-state index contributed by atoms with van der Waals surface area (Å²) in [5, 5.41) is 0. The van der Waals surface area contributed by atoms with Gasteiger partial charge in [-0.3, -0.25) is 0 Å². The van der Waals surface area contributed by atoms with E-state index >= 15 is 0 Å². The van der Waals surface area contributed by atoms with E-state index in [4.69, 9.17) is 0 Å². The molecule has 0 unspecified atom stereocenters. The fourth-order valence-electron chi connectivity index (χ4n) is 0. The van der Waals surface area contributed by atoms with Crippen LogP contribution in [0.1, 0.15) is 0 Å². The van der Waals surface area contributed by atoms with Crippen molar-refractivity contribution < 1.29 is 37.4 Å². The summed E-state index contributed by atoms with van der Waals surface area (Å²) in [6.45, 7) is 0. The molecule has 0 rings (SSSR count). The zero-order valence-corrected chi connectivity index (χ0v) is 7.82. The number of hydrogen-bond donors (Lipinski definition) is 0. The first-order valence-electron chi connectivity index (χ1n) is 0.816. The number of ether oxygens (including phenoxy) is 1. The van der Waals surface area contributed by atoms with Crippen LogP contribution in [-0.4, -0.2) is 14.2 Å². The minimum atomic E-state index is 0. The molecule has 0 aliphatic rings. The molecule has 6 heavy (non-hydrogen) atoms. The van der Waals surface area contributed by atoms with Gasteiger partial charge in [-0.15, -0.1) is 0 Å². The summed E-state index contributed by atoms with van der Waals surface area (Å²) >= 11 is 0. The summed E-state index contributed by atoms with van der Waals surface area (Å²) in [6.07, 6.45) is 0. The number of rotatable bonds is 0. The fraction of sp³-hybridized carbons (Fsp3) is 0.500. The van der Waals surface area contributed by atoms with E-state index in [1.165, 1.54) is 0 Å². The molecule has 0 spiro atoms. The Morgan fingerprint density at radius 2 is 1.00 bits per heavy atom. The molecule has 0 atom stereocenters. The Hall–Kier alpha value is 1.06. The van der Waals surface area contributed by atoms with Crippen molar-refractivity contribution in [3.63, 3.8) is 0 Å². The Bertz CT molecular complexity index is 7.51. The van der Waals surface area contributed by atoms with E-state index in [-0.39, 0.29) is 47.6 Å². The number of methoxy groups -OCH3 is 1. The van der Waals surface area contributed by atoms with E-state index in [0.717, 1.165) is 0 Å². The zero-order valence-electron chi connectivity index (χ0n) is 4.99. The Labute approximate surface area is 66.3 Å². The van der Waals surface area contributed by atoms with E-state index in [2.05, 4.69) is 4.74 Å². The van der Waals surface area contributed by atoms with E-state index in [1.807, 2.05) is 0 Å². The molecule has 0 fully saturated rings. The first-order chi connectivity index (χ1) is 1.41. The molecule has 0 saturated carbocycles. The maximum Gasteiger partial charge on any atom is 0.0351 e. The number of hydrogen-bond acceptors (Lipinski definition) is 1. The minimum absolute atomic E-state index is 0. The van der Waals surface area contributed by atoms with Gasteiger partial charge in [-0.2, -0.15) is 0 Å². The van der Waals surface area contributed by atoms with Gasteiger partial charge in [0.2, 0.25) is 0 Å². The Morgan fingerprint density at radius 1 is 1.00 bits per heavy atom. The molecular weight excluding hydrogens is 153 g/mol. The van der Waals surface area contributed by atoms with E-state index in [0.29, 0.717) is 0 Å². The summed E-state index contributed by atoms with van der Waals surface area (Å²) in [7, 11) is 3.25. The van der Waals surface area contributed by atoms with Crippen LogP contribution >= 0.6 is 0 Å². The van der Waals surface area contributed by atoms with Gasteiger partial charge in [0.15, 0.2) is 0 Å². The normalized spacial score (nSPS) is 3.00. The first kappa shape index (κ1) is 27.7. The molecule has 1 radical (unpaired) electrons. The van der Waals surface area contributed by atoms with Gasteiger partial charge >= 0.3 is 0 Å². The van der Waals surface area contributed by atoms with Crippen LogP contribution in [0.25, 0.3) is 0 Å². The van der Waals surface area contributed by atoms with Gasteiger partial charge in [-0.05, 0) is 0 Å². The van der Waals surface area contributed by atoms with E-state index in [1.54, 1.807) is 14.2 Å². The second-order valence-electron chi connectivity index (χ2n) is 0.408. The SMILES string of the molecule is COC.[CH3-].[CH3-].[Y]. The van der Waals surface area contributed by atoms with Crippen LogP contribution in [0.3, 0.4) is 0 Å². The third-order valence-electron chi connectivity index (χ3n) is 0. The van der Waals surface area contributed by atoms with Gasteiger partial charge in [0.05, 0.1) is 0 Å². The zero-order chi connectivity index (χ0) is 2.71. The summed E-state index contributed by atoms with van der Waals surface area (Å²) in [5.41, 5.74) is 0. The van der Waals surface area contributed by atoms with Crippen molar-refractivity contribution in [2.75, 3.05) is 14.2 Å². The van der Waals surface area contributed by atoms with Crippen molar-refractivity contribution in [2.45, 2.75) is 0 Å². The van der Waals surface area contributed by atoms with Crippen molar-refractivity contribution in [1.82, 2.24) is 0 Å². The Kier molecular flexibility index (Phi) is 168. The topological polar surface area (TPSA) is 9.23 Å². The van der Waals surface area contributed by atoms with Crippen LogP contribution < -0.4 is 0 Å². The third kappa shape index (κ3) is 73.9. The smallest absolute Gasteiger partial charge is 0.0351 e. The summed E-state index contributed by atoms with van der Waals surface area (Å²) < 4.78 is 4.25. The van der Waals surface area contributed by atoms with Crippen LogP contribution in [0, 0.1) is 14.9 Å². The predicted molar refractivity (Wildman–Crippen MR) is 25.8 cm³/mol. The van der Waals surface area contributed by atoms with Crippen molar-refractivity contribution >= 4 is 0 Å². The summed E-state index contributed by atoms with van der Waals surface area (Å²) in [4.78, 5) is 0. The van der Waals surface area contributed by atoms with Gasteiger partial charge in [0, 0.05) is 46.9 Å². The van der Waals surface area contributed by atoms with Crippen molar-refractivity contribution in [2.24, 2.45) is 0 Å². The molecule has 0 aromatic heterocycles. The molecule has 0 amide bonds. The molecule has 0 aromatic carbocycles. The molecule has 39 valence electrons. The third-order valence-corrected chi connectivity index (χ3v) is 0. The quantitative estimate of drug-likeness (QED) is 0.489. The van der Waals surface area contributed by atoms with Crippen LogP contribution in [0.4, 0.5) is 0 Å². The molecule has 0 aliphatic carbocycles. The molecule has 0 saturated heterocycles. The maximum absolute atomic E-state index is 4.25. The monoisotopic (exact) mass is 165 g/mol. The van der Waals surface area contributed by atoms with Crippen molar-refractivity contribution in [3.8, 4) is 0 Å². The van der Waals surface area contributed by atoms with Crippen molar-refractivity contribution in [3.05, 3.63) is 14.9 Å². The van der Waals surface area contributed by atoms with Gasteiger partial charge in [-0.1, -0.05) is 0 Å². The fourth-order valence-corrected chi connectivity index (χ4v) is 0. The van der Waals surface area contributed by atoms with Crippen LogP contribution in [0.5, 0.6) is 0 Å². The standard InChI is InChI=1S/C2H6O.2CH3.Y/c1-3-2;;;/h1-2H3;2*1H3;/q;2*-1;. The van der Waals surface area contributed by atoms with Gasteiger partial charge in [-0.25, -0.2) is 0 Å². The molecule has 0 aromatic rings. The molecule has 0 aliphatic heterocycles. The molecule has 1 nitrogen and oxygen atoms in total. The average Bonchev–Trinajstić information content (AvgIpc) is 0.918. The second kappa shape index (κ2) is 36.5. The molecule has 0 heterocycles. The van der Waals surface area contributed by atoms with Crippen LogP contribution in [0.15, 0.2) is 0 Å². The first-order valence-corrected chi connectivity index (χ1v) is 0.816. The molecule has 0 N–H and O–H groups in total. The van der Waals surface area contributed by atoms with Crippen LogP contribution in [0.2, 0.25) is 0 Å². The maximum atomic E-state index is 4.25. The van der Waals surface area contributed by atoms with Crippen LogP contribution in [-0.2, 0) is 37.4 Å². The minimum Gasteiger partial charge on any atom is -0.388 e. The summed E-state index contributed by atoms with van der Waals surface area (Å²) in [6, 6.07) is 0.